The molecule has 0 spiro atoms. The highest BCUT2D eigenvalue weighted by molar-refractivity contribution is 6.30. The van der Waals surface area contributed by atoms with Crippen molar-refractivity contribution in [3.05, 3.63) is 68.6 Å². The van der Waals surface area contributed by atoms with E-state index in [-0.39, 0.29) is 24.6 Å². The number of H-pyrrole nitrogens is 1. The maximum atomic E-state index is 12.5. The van der Waals surface area contributed by atoms with E-state index in [1.807, 2.05) is 12.1 Å². The summed E-state index contributed by atoms with van der Waals surface area (Å²) in [7, 11) is 0. The van der Waals surface area contributed by atoms with Gasteiger partial charge in [0.15, 0.2) is 0 Å². The molecule has 130 valence electrons. The van der Waals surface area contributed by atoms with E-state index in [0.717, 1.165) is 5.56 Å². The van der Waals surface area contributed by atoms with E-state index < -0.39 is 11.3 Å². The number of halogens is 1. The van der Waals surface area contributed by atoms with Crippen LogP contribution in [0.1, 0.15) is 21.6 Å². The number of likely N-dealkylation sites (tertiary alicyclic amines) is 1. The molecule has 1 aromatic heterocycles. The highest BCUT2D eigenvalue weighted by Gasteiger charge is 2.49. The summed E-state index contributed by atoms with van der Waals surface area (Å²) in [4.78, 5) is 40.2. The number of hydrogen-bond donors (Lipinski definition) is 2. The van der Waals surface area contributed by atoms with Crippen LogP contribution in [0.25, 0.3) is 0 Å². The van der Waals surface area contributed by atoms with Crippen molar-refractivity contribution in [1.82, 2.24) is 9.88 Å². The van der Waals surface area contributed by atoms with Crippen molar-refractivity contribution in [2.45, 2.75) is 13.3 Å². The van der Waals surface area contributed by atoms with Gasteiger partial charge in [0.05, 0.1) is 5.41 Å². The highest BCUT2D eigenvalue weighted by Crippen LogP contribution is 2.35. The first-order chi connectivity index (χ1) is 11.8. The molecule has 1 aliphatic rings. The van der Waals surface area contributed by atoms with Crippen molar-refractivity contribution < 1.29 is 9.59 Å². The number of nitrogens with one attached hydrogen (secondary N) is 1. The summed E-state index contributed by atoms with van der Waals surface area (Å²) in [6.07, 6.45) is 0.442. The molecule has 1 aromatic carbocycles. The van der Waals surface area contributed by atoms with E-state index in [9.17, 15) is 14.4 Å². The quantitative estimate of drug-likeness (QED) is 0.865. The summed E-state index contributed by atoms with van der Waals surface area (Å²) in [6.45, 7) is 2.17. The molecule has 3 rings (SSSR count). The van der Waals surface area contributed by atoms with Gasteiger partial charge in [-0.15, -0.1) is 0 Å². The fourth-order valence-electron chi connectivity index (χ4n) is 3.16. The molecule has 0 aliphatic carbocycles. The van der Waals surface area contributed by atoms with Gasteiger partial charge in [0.2, 0.25) is 11.5 Å². The minimum Gasteiger partial charge on any atom is -0.369 e. The molecule has 2 aromatic rings. The summed E-state index contributed by atoms with van der Waals surface area (Å²) >= 11 is 5.88. The average Bonchev–Trinajstić information content (AvgIpc) is 2.50. The van der Waals surface area contributed by atoms with Gasteiger partial charge < -0.3 is 15.6 Å². The lowest BCUT2D eigenvalue weighted by molar-refractivity contribution is -0.135. The highest BCUT2D eigenvalue weighted by atomic mass is 35.5. The van der Waals surface area contributed by atoms with Crippen LogP contribution in [0.3, 0.4) is 0 Å². The van der Waals surface area contributed by atoms with Crippen molar-refractivity contribution in [1.29, 1.82) is 0 Å². The monoisotopic (exact) mass is 359 g/mol. The molecule has 1 saturated heterocycles. The Labute approximate surface area is 149 Å². The number of benzene rings is 1. The number of aromatic amines is 1. The van der Waals surface area contributed by atoms with Gasteiger partial charge in [0, 0.05) is 35.4 Å². The number of rotatable bonds is 4. The number of carbonyl (C=O) groups is 2. The van der Waals surface area contributed by atoms with Crippen LogP contribution in [-0.2, 0) is 11.2 Å². The number of nitrogens with zero attached hydrogens (tertiary/aromatic N) is 1. The smallest absolute Gasteiger partial charge is 0.254 e. The largest absolute Gasteiger partial charge is 0.369 e. The van der Waals surface area contributed by atoms with Gasteiger partial charge in [-0.05, 0) is 37.1 Å². The topological polar surface area (TPSA) is 96.3 Å². The molecule has 1 fully saturated rings. The first-order valence-electron chi connectivity index (χ1n) is 7.84. The number of aryl methyl sites for hydroxylation is 1. The molecular weight excluding hydrogens is 342 g/mol. The van der Waals surface area contributed by atoms with Crippen LogP contribution in [-0.4, -0.2) is 34.8 Å². The zero-order chi connectivity index (χ0) is 18.2. The summed E-state index contributed by atoms with van der Waals surface area (Å²) < 4.78 is 0. The Kier molecular flexibility index (Phi) is 4.39. The molecule has 0 atom stereocenters. The molecular formula is C18H18ClN3O3. The number of nitrogens with two attached hydrogens (primary N) is 1. The van der Waals surface area contributed by atoms with Crippen LogP contribution in [0.4, 0.5) is 0 Å². The number of primary amides is 1. The minimum atomic E-state index is -0.792. The predicted molar refractivity (Wildman–Crippen MR) is 94.5 cm³/mol. The normalized spacial score (nSPS) is 15.5. The second-order valence-corrected chi connectivity index (χ2v) is 6.96. The van der Waals surface area contributed by atoms with Gasteiger partial charge in [-0.25, -0.2) is 0 Å². The summed E-state index contributed by atoms with van der Waals surface area (Å²) in [5, 5.41) is 0.618. The fraction of sp³-hybridized carbons (Fsp3) is 0.278. The molecule has 0 bridgehead atoms. The van der Waals surface area contributed by atoms with Gasteiger partial charge in [0.1, 0.15) is 0 Å². The van der Waals surface area contributed by atoms with E-state index in [1.165, 1.54) is 11.0 Å². The molecule has 25 heavy (non-hydrogen) atoms. The van der Waals surface area contributed by atoms with Gasteiger partial charge in [-0.2, -0.15) is 0 Å². The van der Waals surface area contributed by atoms with E-state index in [1.54, 1.807) is 25.1 Å². The minimum absolute atomic E-state index is 0.232. The third-order valence-electron chi connectivity index (χ3n) is 4.48. The van der Waals surface area contributed by atoms with Gasteiger partial charge >= 0.3 is 0 Å². The first-order valence-corrected chi connectivity index (χ1v) is 8.21. The maximum absolute atomic E-state index is 12.5. The Bertz CT molecular complexity index is 883. The second-order valence-electron chi connectivity index (χ2n) is 6.53. The number of carbonyl (C=O) groups excluding carboxylic acids is 2. The van der Waals surface area contributed by atoms with Crippen LogP contribution < -0.4 is 11.3 Å². The Morgan fingerprint density at radius 1 is 1.24 bits per heavy atom. The van der Waals surface area contributed by atoms with Crippen LogP contribution in [0.5, 0.6) is 0 Å². The Morgan fingerprint density at radius 2 is 1.88 bits per heavy atom. The van der Waals surface area contributed by atoms with Crippen LogP contribution in [0.15, 0.2) is 41.2 Å². The van der Waals surface area contributed by atoms with Crippen molar-refractivity contribution >= 4 is 23.4 Å². The van der Waals surface area contributed by atoms with Crippen molar-refractivity contribution in [3.8, 4) is 0 Å². The first kappa shape index (κ1) is 17.2. The fourth-order valence-corrected chi connectivity index (χ4v) is 3.29. The number of aromatic nitrogens is 1. The van der Waals surface area contributed by atoms with Crippen LogP contribution in [0, 0.1) is 12.3 Å². The van der Waals surface area contributed by atoms with E-state index >= 15 is 0 Å². The maximum Gasteiger partial charge on any atom is 0.254 e. The van der Waals surface area contributed by atoms with Crippen LogP contribution >= 0.6 is 11.6 Å². The standard InChI is InChI=1S/C18H18ClN3O3/c1-11-6-13(7-15(23)21-11)16(24)22-9-18(10-22,17(20)25)8-12-2-4-14(19)5-3-12/h2-7H,8-10H2,1H3,(H2,20,25)(H,21,23). The molecule has 3 N–H and O–H groups in total. The lowest BCUT2D eigenvalue weighted by atomic mass is 9.74. The molecule has 6 nitrogen and oxygen atoms in total. The Balaban J connectivity index is 1.76. The van der Waals surface area contributed by atoms with E-state index in [0.29, 0.717) is 22.7 Å². The zero-order valence-corrected chi connectivity index (χ0v) is 14.5. The predicted octanol–water partition coefficient (Wildman–Crippen LogP) is 1.51. The van der Waals surface area contributed by atoms with Crippen LogP contribution in [0.2, 0.25) is 5.02 Å². The average molecular weight is 360 g/mol. The third-order valence-corrected chi connectivity index (χ3v) is 4.73. The molecule has 0 radical (unpaired) electrons. The van der Waals surface area contributed by atoms with Gasteiger partial charge in [-0.3, -0.25) is 14.4 Å². The zero-order valence-electron chi connectivity index (χ0n) is 13.7. The molecule has 2 heterocycles. The summed E-state index contributed by atoms with van der Waals surface area (Å²) in [5.41, 5.74) is 6.34. The number of hydrogen-bond acceptors (Lipinski definition) is 3. The lowest BCUT2D eigenvalue weighted by Gasteiger charge is -2.48. The SMILES string of the molecule is Cc1cc(C(=O)N2CC(Cc3ccc(Cl)cc3)(C(N)=O)C2)cc(=O)[nH]1. The summed E-state index contributed by atoms with van der Waals surface area (Å²) in [5.74, 6) is -0.712. The van der Waals surface area contributed by atoms with Crippen molar-refractivity contribution in [2.24, 2.45) is 11.1 Å². The number of pyridine rings is 1. The van der Waals surface area contributed by atoms with Gasteiger partial charge in [-0.1, -0.05) is 23.7 Å². The Morgan fingerprint density at radius 3 is 2.44 bits per heavy atom. The molecule has 2 amide bonds. The molecule has 1 aliphatic heterocycles. The molecule has 0 saturated carbocycles. The van der Waals surface area contributed by atoms with Crippen molar-refractivity contribution in [3.63, 3.8) is 0 Å². The Hall–Kier alpha value is -2.60. The molecule has 7 heteroatoms. The van der Waals surface area contributed by atoms with E-state index in [4.69, 9.17) is 17.3 Å². The molecule has 0 unspecified atom stereocenters. The van der Waals surface area contributed by atoms with Crippen molar-refractivity contribution in [2.75, 3.05) is 13.1 Å². The second kappa shape index (κ2) is 6.37. The van der Waals surface area contributed by atoms with E-state index in [2.05, 4.69) is 4.98 Å². The van der Waals surface area contributed by atoms with Gasteiger partial charge in [0.25, 0.3) is 5.91 Å². The number of amides is 2. The lowest BCUT2D eigenvalue weighted by Crippen LogP contribution is -2.64. The third kappa shape index (κ3) is 3.44. The summed E-state index contributed by atoms with van der Waals surface area (Å²) in [6, 6.07) is 10.1.